The summed E-state index contributed by atoms with van der Waals surface area (Å²) in [4.78, 5) is 35.0. The maximum absolute atomic E-state index is 13.9. The lowest BCUT2D eigenvalue weighted by Crippen LogP contribution is -2.41. The molecule has 0 bridgehead atoms. The van der Waals surface area contributed by atoms with E-state index in [1.54, 1.807) is 24.1 Å². The monoisotopic (exact) mass is 624 g/mol. The number of amides is 1. The Morgan fingerprint density at radius 3 is 2.57 bits per heavy atom. The van der Waals surface area contributed by atoms with Crippen molar-refractivity contribution in [2.75, 3.05) is 83.3 Å². The van der Waals surface area contributed by atoms with Gasteiger partial charge in [0.1, 0.15) is 29.5 Å². The third-order valence-electron chi connectivity index (χ3n) is 9.61. The number of carbonyl (C=O) groups excluding carboxylic acids is 1. The molecule has 4 aliphatic rings. The number of carbonyl (C=O) groups is 1. The first-order valence-corrected chi connectivity index (χ1v) is 16.0. The number of likely N-dealkylation sites (tertiary alicyclic amines) is 1. The number of pyridine rings is 1. The van der Waals surface area contributed by atoms with Crippen LogP contribution in [0.1, 0.15) is 36.1 Å². The maximum atomic E-state index is 13.9. The molecule has 3 saturated heterocycles. The summed E-state index contributed by atoms with van der Waals surface area (Å²) >= 11 is 0. The lowest BCUT2D eigenvalue weighted by Gasteiger charge is -2.32. The van der Waals surface area contributed by atoms with Gasteiger partial charge in [-0.2, -0.15) is 0 Å². The number of nitrogen functional groups attached to an aromatic ring is 1. The van der Waals surface area contributed by atoms with Gasteiger partial charge in [0.25, 0.3) is 0 Å². The first-order chi connectivity index (χ1) is 22.3. The van der Waals surface area contributed by atoms with Crippen LogP contribution in [-0.2, 0) is 9.53 Å². The van der Waals surface area contributed by atoms with Crippen LogP contribution < -0.4 is 16.4 Å². The number of aromatic nitrogens is 1. The standard InChI is InChI=1S/C34H44N10O2/c1-24(42-13-9-26(10-14-42)25-3-5-27(6-4-25)31(36)39-23-38-2)21-41-15-11-34(22-41)12-16-44(33(34)45)29-8-7-28(35)30(40-29)32(37)43-17-19-46-20-18-43/h3-9,23,37H,1,10-22,35H2,2H3,(H2,36,38,39)/t34-/m0/s1. The predicted octanol–water partition coefficient (Wildman–Crippen LogP) is 2.42. The van der Waals surface area contributed by atoms with E-state index in [2.05, 4.69) is 44.6 Å². The maximum Gasteiger partial charge on any atom is 0.235 e. The molecule has 5 N–H and O–H groups in total. The minimum Gasteiger partial charge on any atom is -0.397 e. The van der Waals surface area contributed by atoms with Gasteiger partial charge in [-0.1, -0.05) is 36.9 Å². The van der Waals surface area contributed by atoms with Crippen molar-refractivity contribution in [1.29, 1.82) is 5.41 Å². The van der Waals surface area contributed by atoms with Gasteiger partial charge < -0.3 is 26.0 Å². The molecule has 4 aliphatic heterocycles. The number of amidine groups is 2. The summed E-state index contributed by atoms with van der Waals surface area (Å²) in [5.41, 5.74) is 17.2. The van der Waals surface area contributed by atoms with Crippen molar-refractivity contribution < 1.29 is 9.53 Å². The van der Waals surface area contributed by atoms with Gasteiger partial charge in [0.2, 0.25) is 5.91 Å². The van der Waals surface area contributed by atoms with Crippen molar-refractivity contribution in [3.05, 3.63) is 71.6 Å². The molecule has 1 spiro atoms. The van der Waals surface area contributed by atoms with Crippen LogP contribution in [-0.4, -0.2) is 116 Å². The number of benzene rings is 1. The highest BCUT2D eigenvalue weighted by Crippen LogP contribution is 2.42. The Morgan fingerprint density at radius 2 is 1.85 bits per heavy atom. The predicted molar refractivity (Wildman–Crippen MR) is 183 cm³/mol. The van der Waals surface area contributed by atoms with Crippen LogP contribution in [0.15, 0.2) is 64.7 Å². The van der Waals surface area contributed by atoms with Gasteiger partial charge in [-0.15, -0.1) is 0 Å². The van der Waals surface area contributed by atoms with Crippen molar-refractivity contribution in [1.82, 2.24) is 19.7 Å². The molecule has 6 rings (SSSR count). The van der Waals surface area contributed by atoms with Crippen LogP contribution in [0, 0.1) is 10.8 Å². The molecule has 46 heavy (non-hydrogen) atoms. The molecule has 1 amide bonds. The van der Waals surface area contributed by atoms with Gasteiger partial charge in [0, 0.05) is 64.1 Å². The van der Waals surface area contributed by atoms with Crippen LogP contribution in [0.25, 0.3) is 5.57 Å². The van der Waals surface area contributed by atoms with E-state index in [0.29, 0.717) is 62.4 Å². The Bertz CT molecular complexity index is 1580. The third kappa shape index (κ3) is 6.40. The highest BCUT2D eigenvalue weighted by molar-refractivity contribution is 6.03. The Kier molecular flexibility index (Phi) is 9.18. The lowest BCUT2D eigenvalue weighted by atomic mass is 9.85. The quantitative estimate of drug-likeness (QED) is 0.299. The summed E-state index contributed by atoms with van der Waals surface area (Å²) in [5, 5.41) is 8.70. The fourth-order valence-electron chi connectivity index (χ4n) is 6.87. The normalized spacial score (nSPS) is 22.7. The van der Waals surface area contributed by atoms with Gasteiger partial charge in [0.05, 0.1) is 24.3 Å². The lowest BCUT2D eigenvalue weighted by molar-refractivity contribution is -0.125. The van der Waals surface area contributed by atoms with Crippen molar-refractivity contribution in [2.24, 2.45) is 21.1 Å². The second-order valence-corrected chi connectivity index (χ2v) is 12.5. The summed E-state index contributed by atoms with van der Waals surface area (Å²) in [6.45, 7) is 11.5. The van der Waals surface area contributed by atoms with Crippen molar-refractivity contribution in [3.63, 3.8) is 0 Å². The molecule has 1 atom stereocenters. The third-order valence-corrected chi connectivity index (χ3v) is 9.61. The Morgan fingerprint density at radius 1 is 1.09 bits per heavy atom. The fourth-order valence-corrected chi connectivity index (χ4v) is 6.87. The number of nitrogens with two attached hydrogens (primary N) is 2. The fraction of sp³-hybridized carbons (Fsp3) is 0.441. The highest BCUT2D eigenvalue weighted by Gasteiger charge is 2.51. The molecule has 242 valence electrons. The van der Waals surface area contributed by atoms with Crippen LogP contribution in [0.4, 0.5) is 11.5 Å². The largest absolute Gasteiger partial charge is 0.397 e. The van der Waals surface area contributed by atoms with E-state index >= 15 is 0 Å². The van der Waals surface area contributed by atoms with E-state index in [1.165, 1.54) is 17.5 Å². The van der Waals surface area contributed by atoms with Crippen molar-refractivity contribution in [2.45, 2.75) is 19.3 Å². The number of morpholine rings is 1. The number of hydrogen-bond acceptors (Lipinski definition) is 8. The second kappa shape index (κ2) is 13.4. The number of ether oxygens (including phenoxy) is 1. The first kappa shape index (κ1) is 31.4. The van der Waals surface area contributed by atoms with Crippen LogP contribution in [0.5, 0.6) is 0 Å². The minimum atomic E-state index is -0.417. The van der Waals surface area contributed by atoms with Gasteiger partial charge in [0.15, 0.2) is 0 Å². The van der Waals surface area contributed by atoms with Crippen LogP contribution >= 0.6 is 0 Å². The Balaban J connectivity index is 1.04. The number of hydrogen-bond donors (Lipinski definition) is 3. The van der Waals surface area contributed by atoms with E-state index in [9.17, 15) is 4.79 Å². The zero-order chi connectivity index (χ0) is 32.3. The van der Waals surface area contributed by atoms with Gasteiger partial charge in [-0.25, -0.2) is 9.98 Å². The van der Waals surface area contributed by atoms with Gasteiger partial charge >= 0.3 is 0 Å². The van der Waals surface area contributed by atoms with E-state index in [4.69, 9.17) is 26.6 Å². The van der Waals surface area contributed by atoms with Crippen LogP contribution in [0.3, 0.4) is 0 Å². The number of nitrogens with zero attached hydrogens (tertiary/aromatic N) is 7. The average Bonchev–Trinajstić information content (AvgIpc) is 3.65. The first-order valence-electron chi connectivity index (χ1n) is 16.0. The Hall–Kier alpha value is -4.55. The van der Waals surface area contributed by atoms with E-state index in [0.717, 1.165) is 56.7 Å². The molecule has 3 fully saturated rings. The summed E-state index contributed by atoms with van der Waals surface area (Å²) in [7, 11) is 1.66. The molecule has 12 heteroatoms. The number of rotatable bonds is 8. The molecule has 0 aliphatic carbocycles. The summed E-state index contributed by atoms with van der Waals surface area (Å²) in [6.07, 6.45) is 6.27. The summed E-state index contributed by atoms with van der Waals surface area (Å²) in [5.74, 6) is 1.41. The SMILES string of the molecule is C=C(CN1CC[C@]2(CCN(c3ccc(N)c(C(=N)N4CCOCC4)n3)C2=O)C1)N1CC=C(c2ccc(C(N)=NC=NC)cc2)CC1. The highest BCUT2D eigenvalue weighted by atomic mass is 16.5. The van der Waals surface area contributed by atoms with E-state index in [1.807, 2.05) is 17.0 Å². The molecule has 5 heterocycles. The minimum absolute atomic E-state index is 0.116. The van der Waals surface area contributed by atoms with Crippen molar-refractivity contribution in [3.8, 4) is 0 Å². The number of nitrogens with one attached hydrogen (secondary N) is 1. The average molecular weight is 625 g/mol. The second-order valence-electron chi connectivity index (χ2n) is 12.5. The van der Waals surface area contributed by atoms with Crippen LogP contribution in [0.2, 0.25) is 0 Å². The number of aliphatic imine (C=N–C) groups is 2. The zero-order valence-corrected chi connectivity index (χ0v) is 26.6. The molecule has 1 aromatic heterocycles. The number of anilines is 2. The zero-order valence-electron chi connectivity index (χ0n) is 26.6. The van der Waals surface area contributed by atoms with Crippen molar-refractivity contribution >= 4 is 41.0 Å². The molecular weight excluding hydrogens is 580 g/mol. The molecular formula is C34H44N10O2. The summed E-state index contributed by atoms with van der Waals surface area (Å²) in [6, 6.07) is 11.7. The van der Waals surface area contributed by atoms with Gasteiger partial charge in [-0.3, -0.25) is 25.0 Å². The smallest absolute Gasteiger partial charge is 0.235 e. The van der Waals surface area contributed by atoms with E-state index < -0.39 is 5.41 Å². The molecule has 0 radical (unpaired) electrons. The molecule has 12 nitrogen and oxygen atoms in total. The topological polar surface area (TPSA) is 153 Å². The molecule has 0 saturated carbocycles. The molecule has 2 aromatic rings. The molecule has 0 unspecified atom stereocenters. The Labute approximate surface area is 270 Å². The molecule has 1 aromatic carbocycles. The van der Waals surface area contributed by atoms with Gasteiger partial charge in [-0.05, 0) is 49.1 Å². The summed E-state index contributed by atoms with van der Waals surface area (Å²) < 4.78 is 5.43. The van der Waals surface area contributed by atoms with E-state index in [-0.39, 0.29) is 11.7 Å².